The Bertz CT molecular complexity index is 526. The number of nitrogens with one attached hydrogen (secondary N) is 1. The van der Waals surface area contributed by atoms with E-state index in [2.05, 4.69) is 5.32 Å². The molecule has 6 heteroatoms. The van der Waals surface area contributed by atoms with Crippen LogP contribution in [-0.4, -0.2) is 35.7 Å². The van der Waals surface area contributed by atoms with E-state index in [1.165, 1.54) is 12.1 Å². The summed E-state index contributed by atoms with van der Waals surface area (Å²) in [5.74, 6) is -1.74. The summed E-state index contributed by atoms with van der Waals surface area (Å²) in [5.41, 5.74) is 5.95. The number of amides is 3. The molecule has 0 aromatic heterocycles. The molecule has 0 saturated carbocycles. The maximum atomic E-state index is 12.2. The molecule has 0 aliphatic carbocycles. The molecule has 1 aromatic carbocycles. The fraction of sp³-hybridized carbons (Fsp3) is 0.438. The number of hydrogen-bond acceptors (Lipinski definition) is 3. The Morgan fingerprint density at radius 3 is 2.18 bits per heavy atom. The fourth-order valence-corrected chi connectivity index (χ4v) is 1.98. The first-order valence-electron chi connectivity index (χ1n) is 7.49. The van der Waals surface area contributed by atoms with Crippen molar-refractivity contribution in [3.8, 4) is 0 Å². The van der Waals surface area contributed by atoms with Crippen LogP contribution < -0.4 is 11.1 Å². The Morgan fingerprint density at radius 2 is 1.68 bits per heavy atom. The number of carbonyl (C=O) groups is 3. The van der Waals surface area contributed by atoms with Gasteiger partial charge in [0.05, 0.1) is 0 Å². The van der Waals surface area contributed by atoms with Crippen LogP contribution in [0.2, 0.25) is 0 Å². The van der Waals surface area contributed by atoms with Gasteiger partial charge in [0, 0.05) is 24.3 Å². The van der Waals surface area contributed by atoms with Gasteiger partial charge in [-0.3, -0.25) is 14.4 Å². The number of primary amides is 1. The maximum absolute atomic E-state index is 12.2. The van der Waals surface area contributed by atoms with Gasteiger partial charge in [0.1, 0.15) is 0 Å². The molecule has 1 rings (SSSR count). The molecule has 1 aromatic rings. The van der Waals surface area contributed by atoms with Crippen molar-refractivity contribution in [2.45, 2.75) is 33.1 Å². The minimum Gasteiger partial charge on any atom is -0.366 e. The van der Waals surface area contributed by atoms with Crippen molar-refractivity contribution in [3.63, 3.8) is 0 Å². The van der Waals surface area contributed by atoms with Gasteiger partial charge in [0.15, 0.2) is 0 Å². The molecule has 22 heavy (non-hydrogen) atoms. The SMILES string of the molecule is CCCCN(CCC)C(=O)C(=O)Nc1ccc(C(N)=O)cc1. The van der Waals surface area contributed by atoms with Crippen LogP contribution in [0.15, 0.2) is 24.3 Å². The zero-order valence-electron chi connectivity index (χ0n) is 13.1. The summed E-state index contributed by atoms with van der Waals surface area (Å²) in [6.45, 7) is 5.14. The molecule has 0 spiro atoms. The Morgan fingerprint density at radius 1 is 1.05 bits per heavy atom. The van der Waals surface area contributed by atoms with Crippen molar-refractivity contribution in [1.82, 2.24) is 4.90 Å². The van der Waals surface area contributed by atoms with Crippen molar-refractivity contribution in [2.24, 2.45) is 5.73 Å². The summed E-state index contributed by atoms with van der Waals surface area (Å²) in [6, 6.07) is 6.09. The molecule has 3 N–H and O–H groups in total. The van der Waals surface area contributed by atoms with Gasteiger partial charge in [-0.15, -0.1) is 0 Å². The van der Waals surface area contributed by atoms with E-state index in [9.17, 15) is 14.4 Å². The number of hydrogen-bond donors (Lipinski definition) is 2. The number of benzene rings is 1. The highest BCUT2D eigenvalue weighted by atomic mass is 16.2. The topological polar surface area (TPSA) is 92.5 Å². The minimum atomic E-state index is -0.670. The van der Waals surface area contributed by atoms with E-state index in [1.54, 1.807) is 17.0 Å². The van der Waals surface area contributed by atoms with E-state index in [0.717, 1.165) is 19.3 Å². The summed E-state index contributed by atoms with van der Waals surface area (Å²) in [7, 11) is 0. The first kappa shape index (κ1) is 17.7. The molecular weight excluding hydrogens is 282 g/mol. The molecule has 0 atom stereocenters. The number of carbonyl (C=O) groups excluding carboxylic acids is 3. The molecule has 0 radical (unpaired) electrons. The predicted octanol–water partition coefficient (Wildman–Crippen LogP) is 1.76. The third kappa shape index (κ3) is 5.20. The quantitative estimate of drug-likeness (QED) is 0.752. The molecule has 0 heterocycles. The second kappa shape index (κ2) is 8.81. The van der Waals surface area contributed by atoms with Crippen molar-refractivity contribution in [2.75, 3.05) is 18.4 Å². The van der Waals surface area contributed by atoms with Crippen LogP contribution in [0.25, 0.3) is 0 Å². The van der Waals surface area contributed by atoms with Crippen LogP contribution in [0, 0.1) is 0 Å². The molecule has 0 aliphatic rings. The molecule has 0 unspecified atom stereocenters. The Kier molecular flexibility index (Phi) is 7.08. The second-order valence-electron chi connectivity index (χ2n) is 5.04. The summed E-state index contributed by atoms with van der Waals surface area (Å²) in [6.07, 6.45) is 2.63. The predicted molar refractivity (Wildman–Crippen MR) is 85.4 cm³/mol. The lowest BCUT2D eigenvalue weighted by molar-refractivity contribution is -0.143. The van der Waals surface area contributed by atoms with Crippen LogP contribution in [0.1, 0.15) is 43.5 Å². The first-order valence-corrected chi connectivity index (χ1v) is 7.49. The fourth-order valence-electron chi connectivity index (χ4n) is 1.98. The Balaban J connectivity index is 2.68. The van der Waals surface area contributed by atoms with E-state index in [1.807, 2.05) is 13.8 Å². The second-order valence-corrected chi connectivity index (χ2v) is 5.04. The molecule has 3 amide bonds. The lowest BCUT2D eigenvalue weighted by Gasteiger charge is -2.21. The van der Waals surface area contributed by atoms with E-state index in [4.69, 9.17) is 5.73 Å². The van der Waals surface area contributed by atoms with E-state index in [-0.39, 0.29) is 0 Å². The van der Waals surface area contributed by atoms with Crippen LogP contribution >= 0.6 is 0 Å². The van der Waals surface area contributed by atoms with Crippen LogP contribution in [-0.2, 0) is 9.59 Å². The minimum absolute atomic E-state index is 0.347. The number of nitrogens with zero attached hydrogens (tertiary/aromatic N) is 1. The molecule has 0 aliphatic heterocycles. The van der Waals surface area contributed by atoms with Crippen molar-refractivity contribution in [3.05, 3.63) is 29.8 Å². The average molecular weight is 305 g/mol. The Labute approximate surface area is 130 Å². The number of rotatable bonds is 7. The summed E-state index contributed by atoms with van der Waals surface area (Å²) in [4.78, 5) is 36.7. The van der Waals surface area contributed by atoms with Crippen molar-refractivity contribution < 1.29 is 14.4 Å². The van der Waals surface area contributed by atoms with Gasteiger partial charge in [-0.1, -0.05) is 20.3 Å². The highest BCUT2D eigenvalue weighted by Gasteiger charge is 2.20. The zero-order valence-corrected chi connectivity index (χ0v) is 13.1. The number of nitrogens with two attached hydrogens (primary N) is 1. The van der Waals surface area contributed by atoms with Crippen molar-refractivity contribution in [1.29, 1.82) is 0 Å². The lowest BCUT2D eigenvalue weighted by Crippen LogP contribution is -2.40. The summed E-state index contributed by atoms with van der Waals surface area (Å²) >= 11 is 0. The summed E-state index contributed by atoms with van der Waals surface area (Å²) < 4.78 is 0. The van der Waals surface area contributed by atoms with E-state index < -0.39 is 17.7 Å². The normalized spacial score (nSPS) is 10.1. The monoisotopic (exact) mass is 305 g/mol. The van der Waals surface area contributed by atoms with Gasteiger partial charge in [0.25, 0.3) is 0 Å². The third-order valence-corrected chi connectivity index (χ3v) is 3.18. The molecule has 0 saturated heterocycles. The standard InChI is InChI=1S/C16H23N3O3/c1-3-5-11-19(10-4-2)16(22)15(21)18-13-8-6-12(7-9-13)14(17)20/h6-9H,3-5,10-11H2,1-2H3,(H2,17,20)(H,18,21). The van der Waals surface area contributed by atoms with Crippen molar-refractivity contribution >= 4 is 23.4 Å². The van der Waals surface area contributed by atoms with Gasteiger partial charge in [-0.2, -0.15) is 0 Å². The van der Waals surface area contributed by atoms with Gasteiger partial charge in [-0.25, -0.2) is 0 Å². The van der Waals surface area contributed by atoms with Crippen LogP contribution in [0.5, 0.6) is 0 Å². The Hall–Kier alpha value is -2.37. The van der Waals surface area contributed by atoms with Gasteiger partial charge < -0.3 is 16.0 Å². The van der Waals surface area contributed by atoms with Gasteiger partial charge >= 0.3 is 11.8 Å². The third-order valence-electron chi connectivity index (χ3n) is 3.18. The smallest absolute Gasteiger partial charge is 0.313 e. The number of anilines is 1. The summed E-state index contributed by atoms with van der Waals surface area (Å²) in [5, 5.41) is 2.54. The average Bonchev–Trinajstić information content (AvgIpc) is 2.51. The maximum Gasteiger partial charge on any atom is 0.313 e. The molecule has 0 fully saturated rings. The van der Waals surface area contributed by atoms with E-state index in [0.29, 0.717) is 24.3 Å². The van der Waals surface area contributed by atoms with Gasteiger partial charge in [-0.05, 0) is 37.1 Å². The highest BCUT2D eigenvalue weighted by molar-refractivity contribution is 6.39. The lowest BCUT2D eigenvalue weighted by atomic mass is 10.2. The van der Waals surface area contributed by atoms with Crippen LogP contribution in [0.3, 0.4) is 0 Å². The first-order chi connectivity index (χ1) is 10.5. The molecule has 0 bridgehead atoms. The number of unbranched alkanes of at least 4 members (excludes halogenated alkanes) is 1. The van der Waals surface area contributed by atoms with Crippen LogP contribution in [0.4, 0.5) is 5.69 Å². The molecule has 120 valence electrons. The zero-order chi connectivity index (χ0) is 16.5. The highest BCUT2D eigenvalue weighted by Crippen LogP contribution is 2.10. The van der Waals surface area contributed by atoms with Gasteiger partial charge in [0.2, 0.25) is 5.91 Å². The molecule has 6 nitrogen and oxygen atoms in total. The largest absolute Gasteiger partial charge is 0.366 e. The van der Waals surface area contributed by atoms with E-state index >= 15 is 0 Å². The molecular formula is C16H23N3O3.